The van der Waals surface area contributed by atoms with Crippen LogP contribution in [-0.4, -0.2) is 73.3 Å². The first-order valence-corrected chi connectivity index (χ1v) is 10.5. The zero-order valence-electron chi connectivity index (χ0n) is 16.7. The first kappa shape index (κ1) is 24.6. The highest BCUT2D eigenvalue weighted by Crippen LogP contribution is 2.36. The minimum atomic E-state index is -4.58. The molecular formula is C19H26ClF3N4O2S. The lowest BCUT2D eigenvalue weighted by Crippen LogP contribution is -2.53. The standard InChI is InChI=1S/C19H26ClF3N4O2S/c1-2-29-11-3-6-24-18(30)27-9-7-26(8-10-27)13-17(28)25-14-4-5-16(20)15(12-14)19(21,22)23/h4-5,12H,2-3,6-11,13H2,1H3,(H,24,30)(H,25,28). The van der Waals surface area contributed by atoms with Gasteiger partial charge in [0, 0.05) is 51.6 Å². The number of anilines is 1. The number of rotatable bonds is 8. The normalized spacial score (nSPS) is 15.2. The van der Waals surface area contributed by atoms with Gasteiger partial charge in [0.05, 0.1) is 17.1 Å². The summed E-state index contributed by atoms with van der Waals surface area (Å²) >= 11 is 11.0. The van der Waals surface area contributed by atoms with Crippen molar-refractivity contribution in [2.24, 2.45) is 0 Å². The van der Waals surface area contributed by atoms with E-state index < -0.39 is 16.8 Å². The van der Waals surface area contributed by atoms with Crippen LogP contribution in [0.15, 0.2) is 18.2 Å². The molecule has 0 radical (unpaired) electrons. The molecule has 1 aromatic rings. The lowest BCUT2D eigenvalue weighted by molar-refractivity contribution is -0.137. The highest BCUT2D eigenvalue weighted by molar-refractivity contribution is 7.80. The van der Waals surface area contributed by atoms with E-state index >= 15 is 0 Å². The zero-order valence-corrected chi connectivity index (χ0v) is 18.3. The summed E-state index contributed by atoms with van der Waals surface area (Å²) in [5, 5.41) is 5.98. The summed E-state index contributed by atoms with van der Waals surface area (Å²) in [6.07, 6.45) is -3.71. The van der Waals surface area contributed by atoms with Gasteiger partial charge in [-0.25, -0.2) is 0 Å². The van der Waals surface area contributed by atoms with Crippen LogP contribution in [-0.2, 0) is 15.7 Å². The summed E-state index contributed by atoms with van der Waals surface area (Å²) in [6.45, 7) is 6.76. The number of carbonyl (C=O) groups excluding carboxylic acids is 1. The van der Waals surface area contributed by atoms with Crippen LogP contribution in [0.3, 0.4) is 0 Å². The molecular weight excluding hydrogens is 441 g/mol. The Hall–Kier alpha value is -1.62. The number of nitrogens with zero attached hydrogens (tertiary/aromatic N) is 2. The third-order valence-corrected chi connectivity index (χ3v) is 5.26. The van der Waals surface area contributed by atoms with Crippen LogP contribution in [0.2, 0.25) is 5.02 Å². The number of hydrogen-bond acceptors (Lipinski definition) is 4. The van der Waals surface area contributed by atoms with Crippen LogP contribution in [0.5, 0.6) is 0 Å². The summed E-state index contributed by atoms with van der Waals surface area (Å²) in [7, 11) is 0. The maximum absolute atomic E-state index is 12.9. The lowest BCUT2D eigenvalue weighted by Gasteiger charge is -2.35. The van der Waals surface area contributed by atoms with Crippen molar-refractivity contribution >= 4 is 40.5 Å². The van der Waals surface area contributed by atoms with Gasteiger partial charge < -0.3 is 20.3 Å². The maximum atomic E-state index is 12.9. The minimum absolute atomic E-state index is 0.0628. The quantitative estimate of drug-likeness (QED) is 0.453. The van der Waals surface area contributed by atoms with Crippen LogP contribution in [0, 0.1) is 0 Å². The van der Waals surface area contributed by atoms with Crippen molar-refractivity contribution in [3.63, 3.8) is 0 Å². The van der Waals surface area contributed by atoms with Gasteiger partial charge >= 0.3 is 6.18 Å². The number of hydrogen-bond donors (Lipinski definition) is 2. The average molecular weight is 467 g/mol. The predicted molar refractivity (Wildman–Crippen MR) is 115 cm³/mol. The summed E-state index contributed by atoms with van der Waals surface area (Å²) in [4.78, 5) is 16.2. The van der Waals surface area contributed by atoms with Crippen LogP contribution in [0.25, 0.3) is 0 Å². The molecule has 11 heteroatoms. The van der Waals surface area contributed by atoms with Crippen molar-refractivity contribution in [3.8, 4) is 0 Å². The number of nitrogens with one attached hydrogen (secondary N) is 2. The maximum Gasteiger partial charge on any atom is 0.417 e. The Morgan fingerprint density at radius 2 is 1.97 bits per heavy atom. The molecule has 1 fully saturated rings. The SMILES string of the molecule is CCOCCCNC(=S)N1CCN(CC(=O)Nc2ccc(Cl)c(C(F)(F)F)c2)CC1. The number of carbonyl (C=O) groups is 1. The van der Waals surface area contributed by atoms with E-state index in [1.165, 1.54) is 6.07 Å². The number of benzene rings is 1. The molecule has 6 nitrogen and oxygen atoms in total. The van der Waals surface area contributed by atoms with Crippen LogP contribution in [0.4, 0.5) is 18.9 Å². The second-order valence-corrected chi connectivity index (χ2v) is 7.58. The molecule has 1 aromatic carbocycles. The first-order chi connectivity index (χ1) is 14.2. The van der Waals surface area contributed by atoms with E-state index in [-0.39, 0.29) is 18.1 Å². The number of halogens is 4. The molecule has 1 heterocycles. The molecule has 2 rings (SSSR count). The largest absolute Gasteiger partial charge is 0.417 e. The number of piperazine rings is 1. The number of alkyl halides is 3. The van der Waals surface area contributed by atoms with Crippen molar-refractivity contribution in [1.82, 2.24) is 15.1 Å². The fourth-order valence-electron chi connectivity index (χ4n) is 2.96. The van der Waals surface area contributed by atoms with Gasteiger partial charge in [0.15, 0.2) is 5.11 Å². The lowest BCUT2D eigenvalue weighted by atomic mass is 10.2. The van der Waals surface area contributed by atoms with Gasteiger partial charge in [-0.15, -0.1) is 0 Å². The minimum Gasteiger partial charge on any atom is -0.382 e. The van der Waals surface area contributed by atoms with Crippen molar-refractivity contribution in [1.29, 1.82) is 0 Å². The van der Waals surface area contributed by atoms with Gasteiger partial charge in [0.25, 0.3) is 0 Å². The molecule has 2 N–H and O–H groups in total. The molecule has 0 atom stereocenters. The molecule has 0 spiro atoms. The van der Waals surface area contributed by atoms with E-state index in [4.69, 9.17) is 28.6 Å². The van der Waals surface area contributed by atoms with Gasteiger partial charge in [-0.1, -0.05) is 11.6 Å². The fraction of sp³-hybridized carbons (Fsp3) is 0.579. The molecule has 0 aliphatic carbocycles. The van der Waals surface area contributed by atoms with Crippen LogP contribution < -0.4 is 10.6 Å². The molecule has 0 unspecified atom stereocenters. The van der Waals surface area contributed by atoms with E-state index in [0.717, 1.165) is 25.1 Å². The monoisotopic (exact) mass is 466 g/mol. The van der Waals surface area contributed by atoms with E-state index in [0.29, 0.717) is 44.5 Å². The Morgan fingerprint density at radius 3 is 2.60 bits per heavy atom. The Kier molecular flexibility index (Phi) is 9.60. The molecule has 1 aliphatic heterocycles. The first-order valence-electron chi connectivity index (χ1n) is 9.70. The van der Waals surface area contributed by atoms with E-state index in [2.05, 4.69) is 10.6 Å². The van der Waals surface area contributed by atoms with E-state index in [9.17, 15) is 18.0 Å². The van der Waals surface area contributed by atoms with Crippen molar-refractivity contribution in [3.05, 3.63) is 28.8 Å². The molecule has 30 heavy (non-hydrogen) atoms. The zero-order chi connectivity index (χ0) is 22.1. The summed E-state index contributed by atoms with van der Waals surface area (Å²) < 4.78 is 44.1. The molecule has 1 saturated heterocycles. The third-order valence-electron chi connectivity index (χ3n) is 4.53. The Labute approximate surface area is 184 Å². The number of amides is 1. The van der Waals surface area contributed by atoms with Gasteiger partial charge in [-0.3, -0.25) is 9.69 Å². The van der Waals surface area contributed by atoms with Gasteiger partial charge in [-0.05, 0) is 43.8 Å². The van der Waals surface area contributed by atoms with Gasteiger partial charge in [0.2, 0.25) is 5.91 Å². The van der Waals surface area contributed by atoms with E-state index in [1.807, 2.05) is 16.7 Å². The summed E-state index contributed by atoms with van der Waals surface area (Å²) in [6, 6.07) is 3.32. The Balaban J connectivity index is 1.75. The van der Waals surface area contributed by atoms with Crippen molar-refractivity contribution < 1.29 is 22.7 Å². The van der Waals surface area contributed by atoms with Gasteiger partial charge in [-0.2, -0.15) is 13.2 Å². The molecule has 1 amide bonds. The summed E-state index contributed by atoms with van der Waals surface area (Å²) in [5.41, 5.74) is -0.911. The Morgan fingerprint density at radius 1 is 1.27 bits per heavy atom. The molecule has 168 valence electrons. The number of thiocarbonyl (C=S) groups is 1. The second kappa shape index (κ2) is 11.7. The second-order valence-electron chi connectivity index (χ2n) is 6.79. The van der Waals surface area contributed by atoms with Crippen molar-refractivity contribution in [2.75, 3.05) is 57.8 Å². The Bertz CT molecular complexity index is 728. The van der Waals surface area contributed by atoms with Gasteiger partial charge in [0.1, 0.15) is 0 Å². The molecule has 1 aliphatic rings. The fourth-order valence-corrected chi connectivity index (χ4v) is 3.47. The molecule has 0 bridgehead atoms. The average Bonchev–Trinajstić information content (AvgIpc) is 2.69. The highest BCUT2D eigenvalue weighted by Gasteiger charge is 2.33. The van der Waals surface area contributed by atoms with Crippen LogP contribution >= 0.6 is 23.8 Å². The number of ether oxygens (including phenoxy) is 1. The smallest absolute Gasteiger partial charge is 0.382 e. The van der Waals surface area contributed by atoms with E-state index in [1.54, 1.807) is 0 Å². The third kappa shape index (κ3) is 7.90. The highest BCUT2D eigenvalue weighted by atomic mass is 35.5. The predicted octanol–water partition coefficient (Wildman–Crippen LogP) is 3.22. The van der Waals surface area contributed by atoms with Crippen molar-refractivity contribution in [2.45, 2.75) is 19.5 Å². The topological polar surface area (TPSA) is 56.8 Å². The van der Waals surface area contributed by atoms with Crippen LogP contribution in [0.1, 0.15) is 18.9 Å². The summed E-state index contributed by atoms with van der Waals surface area (Å²) in [5.74, 6) is -0.379. The molecule has 0 aromatic heterocycles. The molecule has 0 saturated carbocycles.